The lowest BCUT2D eigenvalue weighted by atomic mass is 9.80. The third-order valence-corrected chi connectivity index (χ3v) is 5.87. The molecule has 0 heterocycles. The van der Waals surface area contributed by atoms with Gasteiger partial charge in [0.25, 0.3) is 0 Å². The van der Waals surface area contributed by atoms with Crippen molar-refractivity contribution in [2.75, 3.05) is 6.61 Å². The fraction of sp³-hybridized carbons (Fsp3) is 0.259. The summed E-state index contributed by atoms with van der Waals surface area (Å²) in [6.07, 6.45) is 3.19. The van der Waals surface area contributed by atoms with E-state index < -0.39 is 0 Å². The second-order valence-electron chi connectivity index (χ2n) is 8.17. The summed E-state index contributed by atoms with van der Waals surface area (Å²) in [6, 6.07) is 26.5. The average molecular weight is 455 g/mol. The Kier molecular flexibility index (Phi) is 8.45. The van der Waals surface area contributed by atoms with E-state index in [2.05, 4.69) is 44.2 Å². The zero-order valence-corrected chi connectivity index (χ0v) is 19.5. The molecule has 0 unspecified atom stereocenters. The van der Waals surface area contributed by atoms with Crippen molar-refractivity contribution in [1.29, 1.82) is 0 Å². The molecular weight excluding hydrogens is 427 g/mol. The summed E-state index contributed by atoms with van der Waals surface area (Å²) in [5.74, 6) is 2.52. The van der Waals surface area contributed by atoms with E-state index in [9.17, 15) is 0 Å². The minimum Gasteiger partial charge on any atom is -0.488 e. The molecule has 3 aromatic rings. The number of para-hydroxylation sites is 1. The van der Waals surface area contributed by atoms with Gasteiger partial charge in [0.2, 0.25) is 0 Å². The molecule has 31 heavy (non-hydrogen) atoms. The second-order valence-corrected chi connectivity index (χ2v) is 8.87. The summed E-state index contributed by atoms with van der Waals surface area (Å²) in [5.41, 5.74) is 3.98. The van der Waals surface area contributed by atoms with Crippen LogP contribution in [0, 0.1) is 0 Å². The van der Waals surface area contributed by atoms with Crippen molar-refractivity contribution < 1.29 is 9.47 Å². The Labute approximate surface area is 195 Å². The summed E-state index contributed by atoms with van der Waals surface area (Å²) >= 11 is 11.4. The fourth-order valence-corrected chi connectivity index (χ4v) is 3.57. The Bertz CT molecular complexity index is 980. The quantitative estimate of drug-likeness (QED) is 0.305. The highest BCUT2D eigenvalue weighted by atomic mass is 35.5. The van der Waals surface area contributed by atoms with Gasteiger partial charge in [0, 0.05) is 5.54 Å². The van der Waals surface area contributed by atoms with Crippen molar-refractivity contribution in [3.63, 3.8) is 0 Å². The van der Waals surface area contributed by atoms with Crippen LogP contribution in [0.25, 0.3) is 0 Å². The highest BCUT2D eigenvalue weighted by Crippen LogP contribution is 2.31. The summed E-state index contributed by atoms with van der Waals surface area (Å²) in [6.45, 7) is 4.84. The van der Waals surface area contributed by atoms with Crippen LogP contribution in [0.1, 0.15) is 37.8 Å². The number of rotatable bonds is 10. The van der Waals surface area contributed by atoms with Gasteiger partial charge in [0.1, 0.15) is 23.9 Å². The maximum Gasteiger partial charge on any atom is 0.127 e. The first kappa shape index (κ1) is 23.2. The Morgan fingerprint density at radius 3 is 2.29 bits per heavy atom. The van der Waals surface area contributed by atoms with Gasteiger partial charge in [0.05, 0.1) is 5.03 Å². The van der Waals surface area contributed by atoms with Gasteiger partial charge in [-0.25, -0.2) is 0 Å². The van der Waals surface area contributed by atoms with E-state index >= 15 is 0 Å². The third kappa shape index (κ3) is 7.34. The molecule has 3 rings (SSSR count). The van der Waals surface area contributed by atoms with E-state index in [1.807, 2.05) is 48.5 Å². The fourth-order valence-electron chi connectivity index (χ4n) is 3.45. The molecule has 0 fully saturated rings. The van der Waals surface area contributed by atoms with Crippen LogP contribution in [0.4, 0.5) is 0 Å². The average Bonchev–Trinajstić information content (AvgIpc) is 2.78. The Morgan fingerprint density at radius 1 is 0.871 bits per heavy atom. The molecule has 0 radical (unpaired) electrons. The highest BCUT2D eigenvalue weighted by molar-refractivity contribution is 6.36. The molecular formula is C27H28Cl2O2. The molecule has 0 aliphatic heterocycles. The van der Waals surface area contributed by atoms with E-state index in [4.69, 9.17) is 32.7 Å². The van der Waals surface area contributed by atoms with Crippen LogP contribution >= 0.6 is 23.2 Å². The molecule has 0 N–H and O–H groups in total. The van der Waals surface area contributed by atoms with Crippen molar-refractivity contribution in [2.45, 2.75) is 38.5 Å². The Hall–Kier alpha value is -2.42. The minimum atomic E-state index is 0.0738. The molecule has 0 aromatic heterocycles. The van der Waals surface area contributed by atoms with Crippen molar-refractivity contribution in [3.8, 4) is 17.2 Å². The molecule has 4 heteroatoms. The second kappa shape index (κ2) is 11.3. The lowest BCUT2D eigenvalue weighted by molar-refractivity contribution is 0.358. The zero-order valence-electron chi connectivity index (χ0n) is 18.0. The molecule has 0 aliphatic carbocycles. The van der Waals surface area contributed by atoms with Crippen LogP contribution in [0.2, 0.25) is 0 Å². The maximum absolute atomic E-state index is 5.96. The molecule has 2 nitrogen and oxygen atoms in total. The number of benzene rings is 3. The van der Waals surface area contributed by atoms with E-state index in [0.29, 0.717) is 5.03 Å². The van der Waals surface area contributed by atoms with Crippen LogP contribution in [-0.4, -0.2) is 6.61 Å². The number of hydrogen-bond acceptors (Lipinski definition) is 2. The van der Waals surface area contributed by atoms with Crippen molar-refractivity contribution >= 4 is 23.2 Å². The van der Waals surface area contributed by atoms with E-state index in [-0.39, 0.29) is 12.0 Å². The molecule has 0 spiro atoms. The van der Waals surface area contributed by atoms with Crippen molar-refractivity contribution in [3.05, 3.63) is 101 Å². The number of halogens is 2. The summed E-state index contributed by atoms with van der Waals surface area (Å²) in [7, 11) is 0. The molecule has 0 aliphatic rings. The van der Waals surface area contributed by atoms with Gasteiger partial charge in [0.15, 0.2) is 0 Å². The largest absolute Gasteiger partial charge is 0.488 e. The zero-order chi connectivity index (χ0) is 22.1. The first-order valence-electron chi connectivity index (χ1n) is 10.5. The lowest BCUT2D eigenvalue weighted by Gasteiger charge is -2.25. The third-order valence-electron chi connectivity index (χ3n) is 5.28. The van der Waals surface area contributed by atoms with E-state index in [1.54, 1.807) is 0 Å². The minimum absolute atomic E-state index is 0.0738. The SMILES string of the molecule is CC(C)(CCCc1cccc(Oc2ccccc2)c1)c1ccc(OC/C(Cl)=C/Cl)cc1. The van der Waals surface area contributed by atoms with E-state index in [1.165, 1.54) is 16.7 Å². The molecule has 162 valence electrons. The molecule has 0 saturated heterocycles. The smallest absolute Gasteiger partial charge is 0.127 e. The molecule has 0 saturated carbocycles. The van der Waals surface area contributed by atoms with Crippen LogP contribution in [0.3, 0.4) is 0 Å². The summed E-state index contributed by atoms with van der Waals surface area (Å²) in [4.78, 5) is 0. The van der Waals surface area contributed by atoms with Crippen molar-refractivity contribution in [2.24, 2.45) is 0 Å². The predicted octanol–water partition coefficient (Wildman–Crippen LogP) is 8.48. The monoisotopic (exact) mass is 454 g/mol. The number of hydrogen-bond donors (Lipinski definition) is 0. The van der Waals surface area contributed by atoms with Gasteiger partial charge >= 0.3 is 0 Å². The molecule has 3 aromatic carbocycles. The van der Waals surface area contributed by atoms with Crippen LogP contribution in [0.5, 0.6) is 17.2 Å². The normalized spacial score (nSPS) is 11.9. The lowest BCUT2D eigenvalue weighted by Crippen LogP contribution is -2.17. The molecule has 0 amide bonds. The molecule has 0 bridgehead atoms. The Balaban J connectivity index is 1.53. The number of ether oxygens (including phenoxy) is 2. The highest BCUT2D eigenvalue weighted by Gasteiger charge is 2.20. The van der Waals surface area contributed by atoms with E-state index in [0.717, 1.165) is 36.5 Å². The number of aryl methyl sites for hydroxylation is 1. The summed E-state index contributed by atoms with van der Waals surface area (Å²) in [5, 5.41) is 0.476. The first-order valence-corrected chi connectivity index (χ1v) is 11.3. The van der Waals surface area contributed by atoms with Crippen LogP contribution in [0.15, 0.2) is 89.4 Å². The Morgan fingerprint density at radius 2 is 1.58 bits per heavy atom. The summed E-state index contributed by atoms with van der Waals surface area (Å²) < 4.78 is 11.6. The van der Waals surface area contributed by atoms with Gasteiger partial charge in [-0.05, 0) is 72.2 Å². The van der Waals surface area contributed by atoms with Gasteiger partial charge < -0.3 is 9.47 Å². The van der Waals surface area contributed by atoms with Crippen LogP contribution < -0.4 is 9.47 Å². The topological polar surface area (TPSA) is 18.5 Å². The standard InChI is InChI=1S/C27H28Cl2O2/c1-27(2,22-13-15-24(16-14-22)30-20-23(29)19-28)17-7-9-21-8-6-12-26(18-21)31-25-10-4-3-5-11-25/h3-6,8,10-16,18-19H,7,9,17,20H2,1-2H3/b23-19-. The van der Waals surface area contributed by atoms with Gasteiger partial charge in [-0.1, -0.05) is 79.5 Å². The maximum atomic E-state index is 5.96. The van der Waals surface area contributed by atoms with Gasteiger partial charge in [-0.3, -0.25) is 0 Å². The first-order chi connectivity index (χ1) is 15.0. The van der Waals surface area contributed by atoms with Crippen LogP contribution in [-0.2, 0) is 11.8 Å². The molecule has 0 atom stereocenters. The van der Waals surface area contributed by atoms with Crippen molar-refractivity contribution in [1.82, 2.24) is 0 Å². The predicted molar refractivity (Wildman–Crippen MR) is 131 cm³/mol. The van der Waals surface area contributed by atoms with Gasteiger partial charge in [-0.2, -0.15) is 0 Å². The van der Waals surface area contributed by atoms with Gasteiger partial charge in [-0.15, -0.1) is 0 Å².